The van der Waals surface area contributed by atoms with Crippen LogP contribution in [0.4, 0.5) is 0 Å². The molecule has 0 unspecified atom stereocenters. The number of thioether (sulfide) groups is 1. The second-order valence-corrected chi connectivity index (χ2v) is 5.17. The molecule has 2 N–H and O–H groups in total. The summed E-state index contributed by atoms with van der Waals surface area (Å²) in [6.45, 7) is 0.411. The summed E-state index contributed by atoms with van der Waals surface area (Å²) >= 11 is 1.54. The van der Waals surface area contributed by atoms with Crippen LogP contribution in [-0.4, -0.2) is 23.8 Å². The lowest BCUT2D eigenvalue weighted by Gasteiger charge is -2.11. The first-order valence-corrected chi connectivity index (χ1v) is 7.56. The lowest BCUT2D eigenvalue weighted by Crippen LogP contribution is -2.26. The highest BCUT2D eigenvalue weighted by Crippen LogP contribution is 2.20. The summed E-state index contributed by atoms with van der Waals surface area (Å²) in [5.41, 5.74) is 1.39. The number of benzene rings is 1. The number of carbonyl (C=O) groups excluding carboxylic acids is 1. The van der Waals surface area contributed by atoms with Gasteiger partial charge in [0, 0.05) is 17.0 Å². The van der Waals surface area contributed by atoms with Crippen molar-refractivity contribution in [3.63, 3.8) is 0 Å². The molecule has 1 aromatic carbocycles. The van der Waals surface area contributed by atoms with Gasteiger partial charge in [0.1, 0.15) is 0 Å². The van der Waals surface area contributed by atoms with Crippen LogP contribution in [0.5, 0.6) is 0 Å². The fourth-order valence-electron chi connectivity index (χ4n) is 1.88. The molecule has 1 amide bonds. The molecule has 1 aromatic heterocycles. The van der Waals surface area contributed by atoms with E-state index in [1.54, 1.807) is 12.1 Å². The van der Waals surface area contributed by atoms with Gasteiger partial charge in [0.05, 0.1) is 24.2 Å². The summed E-state index contributed by atoms with van der Waals surface area (Å²) in [6.07, 6.45) is 4.80. The summed E-state index contributed by atoms with van der Waals surface area (Å²) in [5, 5.41) is 12.7. The molecule has 0 aliphatic rings. The zero-order valence-corrected chi connectivity index (χ0v) is 12.0. The van der Waals surface area contributed by atoms with Gasteiger partial charge < -0.3 is 14.8 Å². The van der Waals surface area contributed by atoms with Gasteiger partial charge in [0.25, 0.3) is 5.91 Å². The van der Waals surface area contributed by atoms with Gasteiger partial charge in [-0.1, -0.05) is 12.1 Å². The second-order valence-electron chi connectivity index (χ2n) is 4.32. The zero-order chi connectivity index (χ0) is 14.4. The van der Waals surface area contributed by atoms with E-state index in [1.165, 1.54) is 24.3 Å². The van der Waals surface area contributed by atoms with Crippen molar-refractivity contribution in [1.29, 1.82) is 0 Å². The molecule has 106 valence electrons. The van der Waals surface area contributed by atoms with Crippen molar-refractivity contribution in [2.24, 2.45) is 0 Å². The topological polar surface area (TPSA) is 62.5 Å². The number of carbonyl (C=O) groups is 1. The van der Waals surface area contributed by atoms with Crippen LogP contribution >= 0.6 is 11.8 Å². The molecule has 2 aromatic rings. The SMILES string of the molecule is CSc1ccccc1C(=O)NCC[C@H](O)c1ccoc1. The fourth-order valence-corrected chi connectivity index (χ4v) is 2.48. The molecular weight excluding hydrogens is 274 g/mol. The Kier molecular flexibility index (Phi) is 5.26. The van der Waals surface area contributed by atoms with Crippen molar-refractivity contribution in [1.82, 2.24) is 5.32 Å². The van der Waals surface area contributed by atoms with E-state index in [4.69, 9.17) is 4.42 Å². The van der Waals surface area contributed by atoms with E-state index in [0.29, 0.717) is 18.5 Å². The molecule has 0 radical (unpaired) electrons. The Balaban J connectivity index is 1.86. The Bertz CT molecular complexity index is 554. The van der Waals surface area contributed by atoms with Crippen molar-refractivity contribution in [2.45, 2.75) is 17.4 Å². The number of furan rings is 1. The highest BCUT2D eigenvalue weighted by molar-refractivity contribution is 7.98. The summed E-state index contributed by atoms with van der Waals surface area (Å²) in [7, 11) is 0. The molecular formula is C15H17NO3S. The standard InChI is InChI=1S/C15H17NO3S/c1-20-14-5-3-2-4-12(14)15(18)16-8-6-13(17)11-7-9-19-10-11/h2-5,7,9-10,13,17H,6,8H2,1H3,(H,16,18)/t13-/m0/s1. The maximum absolute atomic E-state index is 12.1. The molecule has 0 fully saturated rings. The minimum absolute atomic E-state index is 0.116. The number of hydrogen-bond donors (Lipinski definition) is 2. The highest BCUT2D eigenvalue weighted by Gasteiger charge is 2.12. The summed E-state index contributed by atoms with van der Waals surface area (Å²) in [6, 6.07) is 9.18. The quantitative estimate of drug-likeness (QED) is 0.803. The first-order chi connectivity index (χ1) is 9.72. The van der Waals surface area contributed by atoms with Crippen LogP contribution in [0.15, 0.2) is 52.2 Å². The molecule has 0 aliphatic carbocycles. The van der Waals surface area contributed by atoms with E-state index in [1.807, 2.05) is 24.5 Å². The Morgan fingerprint density at radius 2 is 2.20 bits per heavy atom. The first-order valence-electron chi connectivity index (χ1n) is 6.33. The number of nitrogens with one attached hydrogen (secondary N) is 1. The molecule has 0 saturated carbocycles. The van der Waals surface area contributed by atoms with Gasteiger partial charge in [-0.05, 0) is 30.9 Å². The molecule has 0 spiro atoms. The van der Waals surface area contributed by atoms with Crippen molar-refractivity contribution in [3.05, 3.63) is 54.0 Å². The molecule has 0 aliphatic heterocycles. The zero-order valence-electron chi connectivity index (χ0n) is 11.2. The normalized spacial score (nSPS) is 12.1. The van der Waals surface area contributed by atoms with Crippen molar-refractivity contribution >= 4 is 17.7 Å². The average molecular weight is 291 g/mol. The van der Waals surface area contributed by atoms with Crippen molar-refractivity contribution in [2.75, 3.05) is 12.8 Å². The third-order valence-electron chi connectivity index (χ3n) is 2.98. The minimum Gasteiger partial charge on any atom is -0.472 e. The lowest BCUT2D eigenvalue weighted by molar-refractivity contribution is 0.0939. The molecule has 5 heteroatoms. The van der Waals surface area contributed by atoms with Gasteiger partial charge in [-0.3, -0.25) is 4.79 Å². The number of amides is 1. The van der Waals surface area contributed by atoms with Gasteiger partial charge >= 0.3 is 0 Å². The van der Waals surface area contributed by atoms with E-state index in [0.717, 1.165) is 10.5 Å². The van der Waals surface area contributed by atoms with E-state index in [2.05, 4.69) is 5.32 Å². The van der Waals surface area contributed by atoms with Crippen LogP contribution in [0, 0.1) is 0 Å². The molecule has 4 nitrogen and oxygen atoms in total. The predicted molar refractivity (Wildman–Crippen MR) is 78.8 cm³/mol. The minimum atomic E-state index is -0.621. The maximum Gasteiger partial charge on any atom is 0.252 e. The molecule has 0 saturated heterocycles. The number of aliphatic hydroxyl groups excluding tert-OH is 1. The Hall–Kier alpha value is -1.72. The molecule has 1 atom stereocenters. The van der Waals surface area contributed by atoms with Crippen LogP contribution in [0.1, 0.15) is 28.4 Å². The maximum atomic E-state index is 12.1. The van der Waals surface area contributed by atoms with E-state index >= 15 is 0 Å². The first kappa shape index (κ1) is 14.7. The van der Waals surface area contributed by atoms with Gasteiger partial charge in [0.15, 0.2) is 0 Å². The monoisotopic (exact) mass is 291 g/mol. The summed E-state index contributed by atoms with van der Waals surface area (Å²) < 4.78 is 4.91. The average Bonchev–Trinajstić information content (AvgIpc) is 3.01. The molecule has 20 heavy (non-hydrogen) atoms. The highest BCUT2D eigenvalue weighted by atomic mass is 32.2. The fraction of sp³-hybridized carbons (Fsp3) is 0.267. The number of aliphatic hydroxyl groups is 1. The van der Waals surface area contributed by atoms with Gasteiger partial charge in [-0.25, -0.2) is 0 Å². The van der Waals surface area contributed by atoms with Crippen LogP contribution in [0.2, 0.25) is 0 Å². The predicted octanol–water partition coefficient (Wildman–Crippen LogP) is 2.86. The Morgan fingerprint density at radius 3 is 2.90 bits per heavy atom. The van der Waals surface area contributed by atoms with E-state index < -0.39 is 6.10 Å². The van der Waals surface area contributed by atoms with E-state index in [9.17, 15) is 9.90 Å². The molecule has 0 bridgehead atoms. The summed E-state index contributed by atoms with van der Waals surface area (Å²) in [4.78, 5) is 13.0. The molecule has 1 heterocycles. The number of hydrogen-bond acceptors (Lipinski definition) is 4. The number of rotatable bonds is 6. The largest absolute Gasteiger partial charge is 0.472 e. The van der Waals surface area contributed by atoms with Crippen LogP contribution < -0.4 is 5.32 Å². The third kappa shape index (κ3) is 3.65. The Morgan fingerprint density at radius 1 is 1.40 bits per heavy atom. The third-order valence-corrected chi connectivity index (χ3v) is 3.78. The van der Waals surface area contributed by atoms with E-state index in [-0.39, 0.29) is 5.91 Å². The van der Waals surface area contributed by atoms with Gasteiger partial charge in [-0.2, -0.15) is 0 Å². The van der Waals surface area contributed by atoms with Crippen LogP contribution in [0.25, 0.3) is 0 Å². The van der Waals surface area contributed by atoms with Crippen LogP contribution in [-0.2, 0) is 0 Å². The smallest absolute Gasteiger partial charge is 0.252 e. The van der Waals surface area contributed by atoms with Crippen molar-refractivity contribution < 1.29 is 14.3 Å². The van der Waals surface area contributed by atoms with Crippen LogP contribution in [0.3, 0.4) is 0 Å². The van der Waals surface area contributed by atoms with Crippen molar-refractivity contribution in [3.8, 4) is 0 Å². The Labute approximate surface area is 122 Å². The lowest BCUT2D eigenvalue weighted by atomic mass is 10.1. The van der Waals surface area contributed by atoms with Gasteiger partial charge in [-0.15, -0.1) is 11.8 Å². The second kappa shape index (κ2) is 7.17. The summed E-state index contributed by atoms with van der Waals surface area (Å²) in [5.74, 6) is -0.116. The molecule has 2 rings (SSSR count). The van der Waals surface area contributed by atoms with Gasteiger partial charge in [0.2, 0.25) is 0 Å².